The molecule has 0 atom stereocenters. The predicted octanol–water partition coefficient (Wildman–Crippen LogP) is 4.04. The van der Waals surface area contributed by atoms with Gasteiger partial charge in [-0.3, -0.25) is 0 Å². The quantitative estimate of drug-likeness (QED) is 0.696. The minimum absolute atomic E-state index is 0.100. The summed E-state index contributed by atoms with van der Waals surface area (Å²) in [6, 6.07) is 4.37. The van der Waals surface area contributed by atoms with Crippen molar-refractivity contribution in [2.24, 2.45) is 0 Å². The molecular weight excluding hydrogens is 237 g/mol. The predicted molar refractivity (Wildman–Crippen MR) is 44.1 cm³/mol. The van der Waals surface area contributed by atoms with Crippen LogP contribution in [0.2, 0.25) is 5.02 Å². The highest BCUT2D eigenvalue weighted by Crippen LogP contribution is 2.29. The standard InChI is InChI=1S/C7H4BrClF2/c8-4-1-2-6(9)5(3-4)7(10)11/h1-3,7H. The number of alkyl halides is 2. The molecule has 0 aliphatic rings. The second-order valence-electron chi connectivity index (χ2n) is 1.97. The SMILES string of the molecule is FC(F)c1cc(Br)ccc1Cl. The summed E-state index contributed by atoms with van der Waals surface area (Å²) in [6.07, 6.45) is -2.51. The number of benzene rings is 1. The van der Waals surface area contributed by atoms with Crippen LogP contribution in [0.5, 0.6) is 0 Å². The molecule has 0 bridgehead atoms. The average molecular weight is 241 g/mol. The van der Waals surface area contributed by atoms with E-state index in [1.165, 1.54) is 12.1 Å². The highest BCUT2D eigenvalue weighted by atomic mass is 79.9. The van der Waals surface area contributed by atoms with Crippen molar-refractivity contribution < 1.29 is 8.78 Å². The fraction of sp³-hybridized carbons (Fsp3) is 0.143. The maximum Gasteiger partial charge on any atom is 0.265 e. The van der Waals surface area contributed by atoms with Gasteiger partial charge in [-0.2, -0.15) is 0 Å². The summed E-state index contributed by atoms with van der Waals surface area (Å²) in [6.45, 7) is 0. The van der Waals surface area contributed by atoms with Crippen LogP contribution in [0.25, 0.3) is 0 Å². The molecule has 0 spiro atoms. The molecule has 0 heterocycles. The lowest BCUT2D eigenvalue weighted by Gasteiger charge is -2.01. The lowest BCUT2D eigenvalue weighted by atomic mass is 10.2. The minimum Gasteiger partial charge on any atom is -0.205 e. The third kappa shape index (κ3) is 2.14. The molecule has 1 rings (SSSR count). The Morgan fingerprint density at radius 1 is 1.36 bits per heavy atom. The lowest BCUT2D eigenvalue weighted by molar-refractivity contribution is 0.151. The van der Waals surface area contributed by atoms with Crippen LogP contribution in [0.15, 0.2) is 22.7 Å². The van der Waals surface area contributed by atoms with Crippen molar-refractivity contribution in [1.82, 2.24) is 0 Å². The van der Waals surface area contributed by atoms with Gasteiger partial charge in [-0.05, 0) is 18.2 Å². The Bertz CT molecular complexity index is 263. The molecule has 1 aromatic carbocycles. The van der Waals surface area contributed by atoms with Gasteiger partial charge in [0.15, 0.2) is 0 Å². The zero-order valence-electron chi connectivity index (χ0n) is 5.32. The maximum absolute atomic E-state index is 12.1. The fourth-order valence-electron chi connectivity index (χ4n) is 0.682. The van der Waals surface area contributed by atoms with Crippen molar-refractivity contribution >= 4 is 27.5 Å². The number of rotatable bonds is 1. The van der Waals surface area contributed by atoms with Crippen LogP contribution in [0, 0.1) is 0 Å². The molecular formula is C7H4BrClF2. The van der Waals surface area contributed by atoms with E-state index in [1.807, 2.05) is 0 Å². The first-order valence-corrected chi connectivity index (χ1v) is 4.01. The van der Waals surface area contributed by atoms with Gasteiger partial charge in [-0.1, -0.05) is 27.5 Å². The van der Waals surface area contributed by atoms with Crippen molar-refractivity contribution in [1.29, 1.82) is 0 Å². The van der Waals surface area contributed by atoms with E-state index in [0.717, 1.165) is 0 Å². The van der Waals surface area contributed by atoms with E-state index in [-0.39, 0.29) is 10.6 Å². The summed E-state index contributed by atoms with van der Waals surface area (Å²) in [5.74, 6) is 0. The third-order valence-electron chi connectivity index (χ3n) is 1.19. The Kier molecular flexibility index (Phi) is 2.84. The average Bonchev–Trinajstić information content (AvgIpc) is 1.94. The normalized spacial score (nSPS) is 10.6. The van der Waals surface area contributed by atoms with E-state index in [2.05, 4.69) is 15.9 Å². The van der Waals surface area contributed by atoms with Crippen LogP contribution in [-0.2, 0) is 0 Å². The smallest absolute Gasteiger partial charge is 0.205 e. The molecule has 0 aliphatic carbocycles. The van der Waals surface area contributed by atoms with Gasteiger partial charge >= 0.3 is 0 Å². The molecule has 0 unspecified atom stereocenters. The van der Waals surface area contributed by atoms with Crippen molar-refractivity contribution in [2.75, 3.05) is 0 Å². The summed E-state index contributed by atoms with van der Waals surface area (Å²) in [5.41, 5.74) is -0.138. The lowest BCUT2D eigenvalue weighted by Crippen LogP contribution is -1.84. The third-order valence-corrected chi connectivity index (χ3v) is 2.03. The van der Waals surface area contributed by atoms with Crippen LogP contribution in [0.1, 0.15) is 12.0 Å². The molecule has 1 aromatic rings. The van der Waals surface area contributed by atoms with Crippen molar-refractivity contribution in [2.45, 2.75) is 6.43 Å². The zero-order valence-corrected chi connectivity index (χ0v) is 7.66. The molecule has 60 valence electrons. The van der Waals surface area contributed by atoms with Gasteiger partial charge in [-0.15, -0.1) is 0 Å². The van der Waals surface area contributed by atoms with Gasteiger partial charge in [0.05, 0.1) is 0 Å². The van der Waals surface area contributed by atoms with Gasteiger partial charge in [0.2, 0.25) is 0 Å². The van der Waals surface area contributed by atoms with Crippen LogP contribution in [0.3, 0.4) is 0 Å². The number of hydrogen-bond donors (Lipinski definition) is 0. The van der Waals surface area contributed by atoms with Crippen molar-refractivity contribution in [3.05, 3.63) is 33.3 Å². The molecule has 0 amide bonds. The topological polar surface area (TPSA) is 0 Å². The molecule has 0 aliphatic heterocycles. The Morgan fingerprint density at radius 2 is 2.00 bits per heavy atom. The van der Waals surface area contributed by atoms with Gasteiger partial charge in [0.1, 0.15) is 0 Å². The summed E-state index contributed by atoms with van der Waals surface area (Å²) < 4.78 is 24.8. The molecule has 0 saturated carbocycles. The first-order valence-electron chi connectivity index (χ1n) is 2.84. The van der Waals surface area contributed by atoms with Gasteiger partial charge in [0.25, 0.3) is 6.43 Å². The van der Waals surface area contributed by atoms with E-state index in [9.17, 15) is 8.78 Å². The Balaban J connectivity index is 3.13. The van der Waals surface area contributed by atoms with Crippen LogP contribution in [0.4, 0.5) is 8.78 Å². The fourth-order valence-corrected chi connectivity index (χ4v) is 1.26. The summed E-state index contributed by atoms with van der Waals surface area (Å²) >= 11 is 8.56. The molecule has 11 heavy (non-hydrogen) atoms. The first kappa shape index (κ1) is 8.94. The van der Waals surface area contributed by atoms with Gasteiger partial charge in [0, 0.05) is 15.1 Å². The molecule has 0 radical (unpaired) electrons. The van der Waals surface area contributed by atoms with E-state index in [1.54, 1.807) is 6.07 Å². The minimum atomic E-state index is -2.51. The van der Waals surface area contributed by atoms with E-state index >= 15 is 0 Å². The molecule has 0 aromatic heterocycles. The van der Waals surface area contributed by atoms with Crippen LogP contribution >= 0.6 is 27.5 Å². The van der Waals surface area contributed by atoms with E-state index in [4.69, 9.17) is 11.6 Å². The Hall–Kier alpha value is -0.150. The highest BCUT2D eigenvalue weighted by Gasteiger charge is 2.11. The van der Waals surface area contributed by atoms with E-state index < -0.39 is 6.43 Å². The monoisotopic (exact) mass is 240 g/mol. The van der Waals surface area contributed by atoms with Crippen molar-refractivity contribution in [3.8, 4) is 0 Å². The van der Waals surface area contributed by atoms with E-state index in [0.29, 0.717) is 4.47 Å². The van der Waals surface area contributed by atoms with Crippen molar-refractivity contribution in [3.63, 3.8) is 0 Å². The summed E-state index contributed by atoms with van der Waals surface area (Å²) in [4.78, 5) is 0. The highest BCUT2D eigenvalue weighted by molar-refractivity contribution is 9.10. The summed E-state index contributed by atoms with van der Waals surface area (Å²) in [7, 11) is 0. The Morgan fingerprint density at radius 3 is 2.45 bits per heavy atom. The second-order valence-corrected chi connectivity index (χ2v) is 3.29. The zero-order chi connectivity index (χ0) is 8.43. The first-order chi connectivity index (χ1) is 5.11. The maximum atomic E-state index is 12.1. The van der Waals surface area contributed by atoms with Gasteiger partial charge < -0.3 is 0 Å². The van der Waals surface area contributed by atoms with Gasteiger partial charge in [-0.25, -0.2) is 8.78 Å². The number of halogens is 4. The van der Waals surface area contributed by atoms with Crippen LogP contribution < -0.4 is 0 Å². The number of hydrogen-bond acceptors (Lipinski definition) is 0. The summed E-state index contributed by atoms with van der Waals surface area (Å²) in [5, 5.41) is 0.100. The van der Waals surface area contributed by atoms with Crippen LogP contribution in [-0.4, -0.2) is 0 Å². The molecule has 0 fully saturated rings. The molecule has 0 saturated heterocycles. The Labute approximate surface area is 76.3 Å². The molecule has 0 nitrogen and oxygen atoms in total. The second kappa shape index (κ2) is 3.50. The molecule has 4 heteroatoms. The molecule has 0 N–H and O–H groups in total. The largest absolute Gasteiger partial charge is 0.265 e.